The first-order valence-electron chi connectivity index (χ1n) is 48.3. The lowest BCUT2D eigenvalue weighted by Gasteiger charge is -2.34. The normalized spacial score (nSPS) is 32.7. The molecule has 0 radical (unpaired) electrons. The van der Waals surface area contributed by atoms with E-state index >= 15 is 59.1 Å². The number of alkyl carbamates (subject to hydrolysis) is 1. The van der Waals surface area contributed by atoms with Crippen LogP contribution in [0.15, 0.2) is 109 Å². The van der Waals surface area contributed by atoms with E-state index in [0.717, 1.165) is 79.9 Å². The van der Waals surface area contributed by atoms with Crippen LogP contribution >= 0.6 is 0 Å². The highest BCUT2D eigenvalue weighted by molar-refractivity contribution is 5.84. The van der Waals surface area contributed by atoms with Crippen LogP contribution in [0.5, 0.6) is 0 Å². The molecule has 33 nitrogen and oxygen atoms in total. The van der Waals surface area contributed by atoms with E-state index in [-0.39, 0.29) is 33.4 Å². The Morgan fingerprint density at radius 3 is 0.592 bits per heavy atom. The summed E-state index contributed by atoms with van der Waals surface area (Å²) in [6.45, 7) is 22.7. The van der Waals surface area contributed by atoms with E-state index in [2.05, 4.69) is 31.9 Å². The summed E-state index contributed by atoms with van der Waals surface area (Å²) in [5, 5.41) is 16.9. The summed E-state index contributed by atoms with van der Waals surface area (Å²) in [7, 11) is 1.05. The molecule has 12 aliphatic heterocycles. The number of carbonyl (C=O) groups is 7. The van der Waals surface area contributed by atoms with Gasteiger partial charge in [0.25, 0.3) is 0 Å². The maximum atomic E-state index is 16.6. The van der Waals surface area contributed by atoms with Gasteiger partial charge < -0.3 is 127 Å². The largest absolute Gasteiger partial charge is 0.469 e. The first-order valence-corrected chi connectivity index (χ1v) is 48.3. The summed E-state index contributed by atoms with van der Waals surface area (Å²) >= 11 is 0. The second-order valence-electron chi connectivity index (χ2n) is 42.4. The predicted molar refractivity (Wildman–Crippen MR) is 479 cm³/mol. The Kier molecular flexibility index (Phi) is 29.4. The maximum Gasteiger partial charge on any atom is 0.407 e. The Bertz CT molecular complexity index is 5920. The molecule has 6 N–H and O–H groups in total. The van der Waals surface area contributed by atoms with Crippen LogP contribution in [-0.2, 0) is 124 Å². The molecule has 18 rings (SSSR count). The van der Waals surface area contributed by atoms with Gasteiger partial charge in [0.15, 0.2) is 34.7 Å². The van der Waals surface area contributed by atoms with Crippen LogP contribution in [0.25, 0.3) is 0 Å². The fraction of sp³-hybridized carbons (Fsp3) is 0.578. The number of nitrogens with one attached hydrogen (secondary N) is 6. The van der Waals surface area contributed by atoms with Crippen molar-refractivity contribution in [2.45, 2.75) is 365 Å². The molecule has 147 heavy (non-hydrogen) atoms. The Balaban J connectivity index is 0.710. The van der Waals surface area contributed by atoms with Crippen LogP contribution in [0.4, 0.5) is 57.5 Å². The second-order valence-corrected chi connectivity index (χ2v) is 42.4. The SMILES string of the molecule is COC(=O)C[C@@H](NC(=O)C[C@H](NC(=O)C[C@@H](NC(=O)C[C@H](NC(=O)C[C@@H](NC(=O)C[C@H](NC(=O)OC(C)(C)C)[C@H]1O[C@@H](c2ccc(F)cc2F)[C@H]2OC(C)(C)O[C@@H]12)[C@H]1O[C@@H](c2ccc(F)cc2F)[C@H]2OC(C)(C)O[C@@H]12)[C@H]1O[C@@H](c2ccc(F)cc2F)[C@H]2OC(C)(C)O[C@@H]12)[C@H]1O[C@@H](c2ccc(F)cc2F)[C@H]2OC(C)(C)O[C@@H]12)[C@H]1O[C@@H](c2ccc(F)cc2F)[C@H]2OC(C)(C)O[C@@H]12)[C@H]1O[C@@H](c2ccc(F)cc2F)[C@H]2OC(C)(C)O[C@@H]12. The number of esters is 1. The van der Waals surface area contributed by atoms with Crippen molar-refractivity contribution in [3.8, 4) is 0 Å². The monoisotopic (exact) mass is 2080 g/mol. The molecular formula is C102H114F12N6O27. The molecule has 6 aromatic carbocycles. The van der Waals surface area contributed by atoms with Crippen molar-refractivity contribution in [1.29, 1.82) is 0 Å². The number of hydrogen-bond donors (Lipinski definition) is 6. The van der Waals surface area contributed by atoms with Crippen molar-refractivity contribution in [2.75, 3.05) is 7.11 Å². The quantitative estimate of drug-likeness (QED) is 0.0180. The number of hydrogen-bond acceptors (Lipinski definition) is 27. The molecule has 0 aliphatic carbocycles. The fourth-order valence-electron chi connectivity index (χ4n) is 22.2. The number of ether oxygens (including phenoxy) is 20. The summed E-state index contributed by atoms with van der Waals surface area (Å²) in [6, 6.07) is 5.43. The van der Waals surface area contributed by atoms with Gasteiger partial charge in [0.05, 0.1) is 49.8 Å². The van der Waals surface area contributed by atoms with Crippen molar-refractivity contribution in [3.05, 3.63) is 212 Å². The summed E-state index contributed by atoms with van der Waals surface area (Å²) < 4.78 is 315. The minimum absolute atomic E-state index is 0.192. The summed E-state index contributed by atoms with van der Waals surface area (Å²) in [5.74, 6) is -28.2. The summed E-state index contributed by atoms with van der Waals surface area (Å²) in [6.07, 6.45) is -41.3. The zero-order valence-electron chi connectivity index (χ0n) is 82.5. The lowest BCUT2D eigenvalue weighted by atomic mass is 9.94. The van der Waals surface area contributed by atoms with E-state index in [1.165, 1.54) is 83.1 Å². The molecule has 45 heteroatoms. The van der Waals surface area contributed by atoms with Gasteiger partial charge in [0, 0.05) is 102 Å². The Labute approximate surface area is 835 Å². The van der Waals surface area contributed by atoms with Crippen LogP contribution in [0, 0.1) is 69.8 Å². The molecule has 0 saturated carbocycles. The van der Waals surface area contributed by atoms with Crippen molar-refractivity contribution in [3.63, 3.8) is 0 Å². The van der Waals surface area contributed by atoms with Crippen molar-refractivity contribution in [1.82, 2.24) is 31.9 Å². The zero-order valence-corrected chi connectivity index (χ0v) is 82.5. The van der Waals surface area contributed by atoms with Gasteiger partial charge in [-0.1, -0.05) is 36.4 Å². The Morgan fingerprint density at radius 1 is 0.265 bits per heavy atom. The maximum absolute atomic E-state index is 16.6. The van der Waals surface area contributed by atoms with E-state index in [1.54, 1.807) is 20.8 Å². The molecule has 12 fully saturated rings. The molecule has 0 spiro atoms. The van der Waals surface area contributed by atoms with E-state index < -0.39 is 373 Å². The minimum atomic E-state index is -1.86. The topological polar surface area (TPSA) is 376 Å². The second kappa shape index (κ2) is 40.5. The van der Waals surface area contributed by atoms with Gasteiger partial charge in [-0.2, -0.15) is 0 Å². The first kappa shape index (κ1) is 107. The standard InChI is InChI=1S/C102H114F12N6O27/c1-96(2,3)147-95(127)120-63(81-93-87(139-101(12,13)145-93)75(133-81)51-27-21-45(107)33-57(51)113)39-69(125)118-61(79-91-85(137-99(8,9)143-91)73(131-79)49-25-19-43(105)31-55(49)111)37-67(123)116-59(77-89-83(135-97(4,5)141-89)71(129-77)47-23-17-41(103)29-53(47)109)35-65(121)115-60(78-90-84(136-98(6,7)142-90)72(130-78)48-24-18-42(104)30-54(48)110)36-66(122)117-62(80-92-86(138-100(10,11)144-92)74(132-80)50-26-20-44(106)32-56(50)112)38-68(124)119-64(40-70(126)128-16)82-94-88(140-102(14,15)146-94)76(134-82)52-28-22-46(108)34-58(52)114/h17-34,59-64,71-94H,35-40H2,1-16H3,(H,115,121)(H,116,123)(H,117,122)(H,118,125)(H,119,124)(H,120,127)/t59-,60+,61+,62-,63-,64+,71-,72-,73-,74-,75-,76-,77+,78+,79+,80+,81+,82+,83+,84+,85+,86+,87+,88+,89-,90-,91-,92-,93-,94-/m0/s1. The highest BCUT2D eigenvalue weighted by Crippen LogP contribution is 2.55. The number of halogens is 12. The van der Waals surface area contributed by atoms with Crippen LogP contribution in [0.2, 0.25) is 0 Å². The first-order chi connectivity index (χ1) is 69.0. The zero-order chi connectivity index (χ0) is 106. The van der Waals surface area contributed by atoms with Crippen LogP contribution < -0.4 is 31.9 Å². The van der Waals surface area contributed by atoms with Gasteiger partial charge in [-0.3, -0.25) is 28.8 Å². The van der Waals surface area contributed by atoms with Crippen molar-refractivity contribution >= 4 is 41.6 Å². The molecule has 0 unspecified atom stereocenters. The average Bonchev–Trinajstić information content (AvgIpc) is 1.61. The van der Waals surface area contributed by atoms with E-state index in [9.17, 15) is 27.2 Å². The molecule has 0 bridgehead atoms. The number of carbonyl (C=O) groups excluding carboxylic acids is 7. The van der Waals surface area contributed by atoms with Crippen LogP contribution in [-0.4, -0.2) is 235 Å². The predicted octanol–water partition coefficient (Wildman–Crippen LogP) is 12.4. The Hall–Kier alpha value is -10.2. The van der Waals surface area contributed by atoms with Gasteiger partial charge >= 0.3 is 12.1 Å². The number of methoxy groups -OCH3 is 1. The van der Waals surface area contributed by atoms with Gasteiger partial charge in [0.2, 0.25) is 29.5 Å². The van der Waals surface area contributed by atoms with Crippen molar-refractivity contribution in [2.24, 2.45) is 0 Å². The fourth-order valence-corrected chi connectivity index (χ4v) is 22.2. The third kappa shape index (κ3) is 22.8. The highest BCUT2D eigenvalue weighted by atomic mass is 19.2. The van der Waals surface area contributed by atoms with E-state index in [0.29, 0.717) is 36.4 Å². The third-order valence-corrected chi connectivity index (χ3v) is 27.6. The van der Waals surface area contributed by atoms with Crippen LogP contribution in [0.1, 0.15) is 212 Å². The van der Waals surface area contributed by atoms with Gasteiger partial charge in [-0.15, -0.1) is 0 Å². The smallest absolute Gasteiger partial charge is 0.407 e. The van der Waals surface area contributed by atoms with E-state index in [4.69, 9.17) is 94.7 Å². The third-order valence-electron chi connectivity index (χ3n) is 27.6. The number of fused-ring (bicyclic) bond motifs is 6. The van der Waals surface area contributed by atoms with Crippen molar-refractivity contribution < 1.29 is 181 Å². The molecular weight excluding hydrogens is 1970 g/mol. The van der Waals surface area contributed by atoms with Gasteiger partial charge in [-0.25, -0.2) is 57.5 Å². The van der Waals surface area contributed by atoms with Crippen LogP contribution in [0.3, 0.4) is 0 Å². The molecule has 0 aromatic heterocycles. The molecule has 6 aromatic rings. The summed E-state index contributed by atoms with van der Waals surface area (Å²) in [4.78, 5) is 108. The highest BCUT2D eigenvalue weighted by Gasteiger charge is 2.67. The lowest BCUT2D eigenvalue weighted by Crippen LogP contribution is -2.57. The number of amides is 6. The molecule has 12 aliphatic rings. The number of rotatable bonds is 30. The number of benzene rings is 6. The molecule has 798 valence electrons. The van der Waals surface area contributed by atoms with E-state index in [1.807, 2.05) is 0 Å². The average molecular weight is 2080 g/mol. The molecule has 6 amide bonds. The lowest BCUT2D eigenvalue weighted by molar-refractivity contribution is -0.193. The van der Waals surface area contributed by atoms with Gasteiger partial charge in [0.1, 0.15) is 222 Å². The molecule has 12 saturated heterocycles. The summed E-state index contributed by atoms with van der Waals surface area (Å²) in [5.41, 5.74) is -2.78. The molecule has 30 atom stereocenters. The Morgan fingerprint density at radius 2 is 0.429 bits per heavy atom. The minimum Gasteiger partial charge on any atom is -0.469 e. The molecule has 12 heterocycles. The van der Waals surface area contributed by atoms with Gasteiger partial charge in [-0.05, 0) is 140 Å².